The van der Waals surface area contributed by atoms with Gasteiger partial charge in [-0.2, -0.15) is 0 Å². The highest BCUT2D eigenvalue weighted by Gasteiger charge is 2.24. The van der Waals surface area contributed by atoms with E-state index in [1.165, 1.54) is 12.1 Å². The molecular weight excluding hydrogens is 243 g/mol. The summed E-state index contributed by atoms with van der Waals surface area (Å²) < 4.78 is 13.1. The molecule has 0 aliphatic rings. The molecule has 0 heterocycles. The quantitative estimate of drug-likeness (QED) is 0.860. The van der Waals surface area contributed by atoms with Crippen LogP contribution in [0.2, 0.25) is 0 Å². The van der Waals surface area contributed by atoms with Crippen molar-refractivity contribution in [1.82, 2.24) is 4.90 Å². The predicted octanol–water partition coefficient (Wildman–Crippen LogP) is 2.55. The van der Waals surface area contributed by atoms with Crippen molar-refractivity contribution in [2.24, 2.45) is 11.7 Å². The van der Waals surface area contributed by atoms with Crippen LogP contribution >= 0.6 is 0 Å². The Balaban J connectivity index is 2.75. The van der Waals surface area contributed by atoms with Gasteiger partial charge in [0.05, 0.1) is 6.04 Å². The van der Waals surface area contributed by atoms with Crippen molar-refractivity contribution in [3.05, 3.63) is 35.6 Å². The van der Waals surface area contributed by atoms with Gasteiger partial charge in [0.25, 0.3) is 0 Å². The van der Waals surface area contributed by atoms with Crippen LogP contribution in [0.4, 0.5) is 4.39 Å². The molecular formula is C15H23FN2O. The van der Waals surface area contributed by atoms with Crippen LogP contribution in [0.1, 0.15) is 32.8 Å². The molecule has 0 spiro atoms. The number of carbonyl (C=O) groups excluding carboxylic acids is 1. The number of carbonyl (C=O) groups is 1. The monoisotopic (exact) mass is 266 g/mol. The molecule has 0 fully saturated rings. The zero-order chi connectivity index (χ0) is 14.4. The summed E-state index contributed by atoms with van der Waals surface area (Å²) in [5, 5.41) is 0. The van der Waals surface area contributed by atoms with Crippen molar-refractivity contribution in [3.8, 4) is 0 Å². The minimum absolute atomic E-state index is 0.0684. The summed E-state index contributed by atoms with van der Waals surface area (Å²) in [4.78, 5) is 13.9. The fourth-order valence-corrected chi connectivity index (χ4v) is 1.91. The van der Waals surface area contributed by atoms with E-state index in [4.69, 9.17) is 5.73 Å². The zero-order valence-corrected chi connectivity index (χ0v) is 11.9. The maximum Gasteiger partial charge on any atom is 0.240 e. The number of amides is 1. The molecule has 0 bridgehead atoms. The molecule has 4 heteroatoms. The van der Waals surface area contributed by atoms with Crippen LogP contribution in [0.15, 0.2) is 24.3 Å². The molecule has 0 aliphatic carbocycles. The Labute approximate surface area is 114 Å². The molecule has 1 amide bonds. The van der Waals surface area contributed by atoms with E-state index in [2.05, 4.69) is 0 Å². The number of likely N-dealkylation sites (N-methyl/N-ethyl adjacent to an activating group) is 1. The van der Waals surface area contributed by atoms with Gasteiger partial charge in [0.2, 0.25) is 5.91 Å². The van der Waals surface area contributed by atoms with Gasteiger partial charge in [0, 0.05) is 13.1 Å². The van der Waals surface area contributed by atoms with Gasteiger partial charge in [-0.25, -0.2) is 4.39 Å². The third kappa shape index (κ3) is 4.31. The highest BCUT2D eigenvalue weighted by atomic mass is 19.1. The first kappa shape index (κ1) is 15.6. The second-order valence-corrected chi connectivity index (χ2v) is 4.89. The number of benzene rings is 1. The Morgan fingerprint density at radius 2 is 2.11 bits per heavy atom. The van der Waals surface area contributed by atoms with Crippen molar-refractivity contribution >= 4 is 5.91 Å². The Morgan fingerprint density at radius 3 is 2.63 bits per heavy atom. The van der Waals surface area contributed by atoms with E-state index in [-0.39, 0.29) is 17.6 Å². The summed E-state index contributed by atoms with van der Waals surface area (Å²) >= 11 is 0. The van der Waals surface area contributed by atoms with Crippen LogP contribution in [-0.4, -0.2) is 23.4 Å². The highest BCUT2D eigenvalue weighted by Crippen LogP contribution is 2.12. The third-order valence-electron chi connectivity index (χ3n) is 3.50. The van der Waals surface area contributed by atoms with Crippen molar-refractivity contribution in [3.63, 3.8) is 0 Å². The van der Waals surface area contributed by atoms with Crippen LogP contribution in [0.3, 0.4) is 0 Å². The highest BCUT2D eigenvalue weighted by molar-refractivity contribution is 5.81. The van der Waals surface area contributed by atoms with Gasteiger partial charge in [-0.3, -0.25) is 4.79 Å². The van der Waals surface area contributed by atoms with Gasteiger partial charge in [0.15, 0.2) is 0 Å². The molecule has 1 aromatic rings. The van der Waals surface area contributed by atoms with E-state index in [1.54, 1.807) is 11.0 Å². The zero-order valence-electron chi connectivity index (χ0n) is 11.9. The van der Waals surface area contributed by atoms with E-state index in [1.807, 2.05) is 26.8 Å². The molecule has 2 N–H and O–H groups in total. The number of hydrogen-bond donors (Lipinski definition) is 1. The first-order valence-electron chi connectivity index (χ1n) is 6.78. The van der Waals surface area contributed by atoms with E-state index in [0.29, 0.717) is 13.1 Å². The Kier molecular flexibility index (Phi) is 5.96. The summed E-state index contributed by atoms with van der Waals surface area (Å²) in [5.41, 5.74) is 6.75. The van der Waals surface area contributed by atoms with Crippen molar-refractivity contribution < 1.29 is 9.18 Å². The lowest BCUT2D eigenvalue weighted by Crippen LogP contribution is -2.46. The molecule has 3 nitrogen and oxygen atoms in total. The van der Waals surface area contributed by atoms with E-state index < -0.39 is 6.04 Å². The van der Waals surface area contributed by atoms with Crippen molar-refractivity contribution in [1.29, 1.82) is 0 Å². The van der Waals surface area contributed by atoms with Gasteiger partial charge >= 0.3 is 0 Å². The SMILES string of the molecule is CCC(C)C(N)C(=O)N(CC)Cc1cccc(F)c1. The maximum absolute atomic E-state index is 13.1. The summed E-state index contributed by atoms with van der Waals surface area (Å²) in [5.74, 6) is -0.206. The van der Waals surface area contributed by atoms with Crippen LogP contribution in [0.5, 0.6) is 0 Å². The number of hydrogen-bond acceptors (Lipinski definition) is 2. The third-order valence-corrected chi connectivity index (χ3v) is 3.50. The molecule has 0 aromatic heterocycles. The molecule has 1 rings (SSSR count). The number of nitrogens with two attached hydrogens (primary N) is 1. The van der Waals surface area contributed by atoms with E-state index >= 15 is 0 Å². The topological polar surface area (TPSA) is 46.3 Å². The van der Waals surface area contributed by atoms with Gasteiger partial charge in [-0.1, -0.05) is 32.4 Å². The Hall–Kier alpha value is -1.42. The average Bonchev–Trinajstić information content (AvgIpc) is 2.42. The molecule has 0 aliphatic heterocycles. The maximum atomic E-state index is 13.1. The van der Waals surface area contributed by atoms with Crippen LogP contribution in [-0.2, 0) is 11.3 Å². The Bertz CT molecular complexity index is 422. The molecule has 0 saturated carbocycles. The van der Waals surface area contributed by atoms with Crippen molar-refractivity contribution in [2.75, 3.05) is 6.54 Å². The lowest BCUT2D eigenvalue weighted by Gasteiger charge is -2.27. The van der Waals surface area contributed by atoms with Gasteiger partial charge in [0.1, 0.15) is 5.82 Å². The number of rotatable bonds is 6. The second-order valence-electron chi connectivity index (χ2n) is 4.89. The van der Waals surface area contributed by atoms with Crippen LogP contribution < -0.4 is 5.73 Å². The number of halogens is 1. The summed E-state index contributed by atoms with van der Waals surface area (Å²) in [6.45, 7) is 6.86. The lowest BCUT2D eigenvalue weighted by atomic mass is 9.98. The largest absolute Gasteiger partial charge is 0.337 e. The lowest BCUT2D eigenvalue weighted by molar-refractivity contribution is -0.134. The minimum atomic E-state index is -0.487. The fraction of sp³-hybridized carbons (Fsp3) is 0.533. The summed E-state index contributed by atoms with van der Waals surface area (Å²) in [6.07, 6.45) is 0.866. The molecule has 2 unspecified atom stereocenters. The normalized spacial score (nSPS) is 13.9. The molecule has 2 atom stereocenters. The first-order valence-corrected chi connectivity index (χ1v) is 6.78. The second kappa shape index (κ2) is 7.24. The minimum Gasteiger partial charge on any atom is -0.337 e. The Morgan fingerprint density at radius 1 is 1.42 bits per heavy atom. The smallest absolute Gasteiger partial charge is 0.240 e. The standard InChI is InChI=1S/C15H23FN2O/c1-4-11(3)14(17)15(19)18(5-2)10-12-7-6-8-13(16)9-12/h6-9,11,14H,4-5,10,17H2,1-3H3. The molecule has 0 radical (unpaired) electrons. The average molecular weight is 266 g/mol. The van der Waals surface area contributed by atoms with E-state index in [9.17, 15) is 9.18 Å². The van der Waals surface area contributed by atoms with Gasteiger partial charge < -0.3 is 10.6 Å². The fourth-order valence-electron chi connectivity index (χ4n) is 1.91. The molecule has 1 aromatic carbocycles. The van der Waals surface area contributed by atoms with Crippen LogP contribution in [0, 0.1) is 11.7 Å². The van der Waals surface area contributed by atoms with Crippen molar-refractivity contribution in [2.45, 2.75) is 39.8 Å². The predicted molar refractivity (Wildman–Crippen MR) is 74.9 cm³/mol. The van der Waals surface area contributed by atoms with Crippen LogP contribution in [0.25, 0.3) is 0 Å². The van der Waals surface area contributed by atoms with E-state index in [0.717, 1.165) is 12.0 Å². The molecule has 106 valence electrons. The van der Waals surface area contributed by atoms with Gasteiger partial charge in [-0.05, 0) is 30.5 Å². The summed E-state index contributed by atoms with van der Waals surface area (Å²) in [6, 6.07) is 5.82. The van der Waals surface area contributed by atoms with Gasteiger partial charge in [-0.15, -0.1) is 0 Å². The first-order chi connectivity index (χ1) is 8.99. The summed E-state index contributed by atoms with van der Waals surface area (Å²) in [7, 11) is 0. The number of nitrogens with zero attached hydrogens (tertiary/aromatic N) is 1. The molecule has 19 heavy (non-hydrogen) atoms. The molecule has 0 saturated heterocycles.